The number of fused-ring (bicyclic) bond motifs is 2. The first-order valence-corrected chi connectivity index (χ1v) is 7.23. The van der Waals surface area contributed by atoms with Gasteiger partial charge in [0.1, 0.15) is 5.58 Å². The molecule has 0 spiro atoms. The van der Waals surface area contributed by atoms with E-state index in [2.05, 4.69) is 29.3 Å². The molecule has 19 heavy (non-hydrogen) atoms. The molecule has 3 heteroatoms. The van der Waals surface area contributed by atoms with Gasteiger partial charge in [-0.05, 0) is 37.9 Å². The molecule has 2 aliphatic rings. The van der Waals surface area contributed by atoms with E-state index in [0.29, 0.717) is 6.04 Å². The minimum Gasteiger partial charge on any atom is -0.464 e. The number of furan rings is 1. The molecule has 2 aliphatic heterocycles. The van der Waals surface area contributed by atoms with Crippen molar-refractivity contribution in [3.05, 3.63) is 36.1 Å². The number of para-hydroxylation sites is 1. The SMILES string of the molecule is CC1C2CNCC2CN1Cc1coc2ccccc12. The molecule has 3 atom stereocenters. The molecular weight excluding hydrogens is 236 g/mol. The van der Waals surface area contributed by atoms with Gasteiger partial charge in [0.25, 0.3) is 0 Å². The monoisotopic (exact) mass is 256 g/mol. The van der Waals surface area contributed by atoms with E-state index in [1.165, 1.54) is 30.6 Å². The zero-order chi connectivity index (χ0) is 12.8. The molecule has 0 saturated carbocycles. The molecule has 0 bridgehead atoms. The first kappa shape index (κ1) is 11.5. The summed E-state index contributed by atoms with van der Waals surface area (Å²) in [5.41, 5.74) is 2.33. The summed E-state index contributed by atoms with van der Waals surface area (Å²) in [5, 5.41) is 4.79. The Balaban J connectivity index is 1.58. The Morgan fingerprint density at radius 3 is 3.11 bits per heavy atom. The second-order valence-electron chi connectivity index (χ2n) is 6.01. The first-order valence-electron chi connectivity index (χ1n) is 7.23. The van der Waals surface area contributed by atoms with E-state index in [0.717, 1.165) is 24.0 Å². The number of rotatable bonds is 2. The maximum Gasteiger partial charge on any atom is 0.134 e. The summed E-state index contributed by atoms with van der Waals surface area (Å²) in [6, 6.07) is 9.01. The topological polar surface area (TPSA) is 28.4 Å². The smallest absolute Gasteiger partial charge is 0.134 e. The Labute approximate surface area is 113 Å². The average Bonchev–Trinajstić information content (AvgIpc) is 3.10. The number of nitrogens with one attached hydrogen (secondary N) is 1. The molecule has 4 rings (SSSR count). The lowest BCUT2D eigenvalue weighted by Gasteiger charge is -2.23. The van der Waals surface area contributed by atoms with Gasteiger partial charge in [-0.15, -0.1) is 0 Å². The maximum absolute atomic E-state index is 5.65. The van der Waals surface area contributed by atoms with Gasteiger partial charge >= 0.3 is 0 Å². The fraction of sp³-hybridized carbons (Fsp3) is 0.500. The Morgan fingerprint density at radius 1 is 1.32 bits per heavy atom. The lowest BCUT2D eigenvalue weighted by atomic mass is 9.95. The molecule has 3 nitrogen and oxygen atoms in total. The molecule has 2 saturated heterocycles. The molecular formula is C16H20N2O. The van der Waals surface area contributed by atoms with Crippen LogP contribution in [0.25, 0.3) is 11.0 Å². The Kier molecular flexibility index (Phi) is 2.64. The second-order valence-corrected chi connectivity index (χ2v) is 6.01. The number of hydrogen-bond donors (Lipinski definition) is 1. The molecule has 3 unspecified atom stereocenters. The van der Waals surface area contributed by atoms with Crippen LogP contribution in [0.3, 0.4) is 0 Å². The Morgan fingerprint density at radius 2 is 2.21 bits per heavy atom. The van der Waals surface area contributed by atoms with E-state index in [1.807, 2.05) is 18.4 Å². The van der Waals surface area contributed by atoms with Crippen LogP contribution in [0.1, 0.15) is 12.5 Å². The van der Waals surface area contributed by atoms with Gasteiger partial charge in [0.15, 0.2) is 0 Å². The van der Waals surface area contributed by atoms with Crippen LogP contribution in [-0.2, 0) is 6.54 Å². The largest absolute Gasteiger partial charge is 0.464 e. The standard InChI is InChI=1S/C16H20N2O/c1-11-15-7-17-6-12(15)8-18(11)9-13-10-19-16-5-3-2-4-14(13)16/h2-5,10-12,15,17H,6-9H2,1H3. The van der Waals surface area contributed by atoms with Gasteiger partial charge in [0, 0.05) is 30.1 Å². The summed E-state index contributed by atoms with van der Waals surface area (Å²) < 4.78 is 5.65. The van der Waals surface area contributed by atoms with Gasteiger partial charge in [-0.1, -0.05) is 18.2 Å². The van der Waals surface area contributed by atoms with Gasteiger partial charge in [0.2, 0.25) is 0 Å². The van der Waals surface area contributed by atoms with Gasteiger partial charge in [-0.25, -0.2) is 0 Å². The highest BCUT2D eigenvalue weighted by Crippen LogP contribution is 2.34. The van der Waals surface area contributed by atoms with E-state index in [4.69, 9.17) is 4.42 Å². The third-order valence-electron chi connectivity index (χ3n) is 4.99. The van der Waals surface area contributed by atoms with Crippen molar-refractivity contribution in [1.29, 1.82) is 0 Å². The normalized spacial score (nSPS) is 31.1. The second kappa shape index (κ2) is 4.36. The molecule has 0 amide bonds. The highest BCUT2D eigenvalue weighted by molar-refractivity contribution is 5.80. The molecule has 0 radical (unpaired) electrons. The quantitative estimate of drug-likeness (QED) is 0.894. The van der Waals surface area contributed by atoms with E-state index in [9.17, 15) is 0 Å². The molecule has 1 aromatic heterocycles. The van der Waals surface area contributed by atoms with Crippen molar-refractivity contribution >= 4 is 11.0 Å². The Bertz CT molecular complexity index is 591. The molecule has 1 aromatic carbocycles. The minimum atomic E-state index is 0.675. The van der Waals surface area contributed by atoms with Crippen molar-refractivity contribution in [3.8, 4) is 0 Å². The van der Waals surface area contributed by atoms with Gasteiger partial charge in [0.05, 0.1) is 6.26 Å². The number of nitrogens with zero attached hydrogens (tertiary/aromatic N) is 1. The van der Waals surface area contributed by atoms with Crippen LogP contribution < -0.4 is 5.32 Å². The van der Waals surface area contributed by atoms with Crippen LogP contribution in [0.2, 0.25) is 0 Å². The Hall–Kier alpha value is -1.32. The zero-order valence-electron chi connectivity index (χ0n) is 11.3. The van der Waals surface area contributed by atoms with Crippen LogP contribution >= 0.6 is 0 Å². The number of benzene rings is 1. The predicted molar refractivity (Wildman–Crippen MR) is 75.9 cm³/mol. The van der Waals surface area contributed by atoms with Gasteiger partial charge < -0.3 is 9.73 Å². The molecule has 3 heterocycles. The highest BCUT2D eigenvalue weighted by Gasteiger charge is 2.41. The number of hydrogen-bond acceptors (Lipinski definition) is 3. The van der Waals surface area contributed by atoms with Crippen LogP contribution in [0.5, 0.6) is 0 Å². The minimum absolute atomic E-state index is 0.675. The maximum atomic E-state index is 5.65. The van der Waals surface area contributed by atoms with Crippen molar-refractivity contribution in [2.75, 3.05) is 19.6 Å². The van der Waals surface area contributed by atoms with Crippen molar-refractivity contribution in [1.82, 2.24) is 10.2 Å². The van der Waals surface area contributed by atoms with Crippen molar-refractivity contribution < 1.29 is 4.42 Å². The summed E-state index contributed by atoms with van der Waals surface area (Å²) in [4.78, 5) is 2.62. The first-order chi connectivity index (χ1) is 9.33. The van der Waals surface area contributed by atoms with Crippen molar-refractivity contribution in [2.45, 2.75) is 19.5 Å². The molecule has 2 fully saturated rings. The third-order valence-corrected chi connectivity index (χ3v) is 4.99. The lowest BCUT2D eigenvalue weighted by molar-refractivity contribution is 0.231. The summed E-state index contributed by atoms with van der Waals surface area (Å²) >= 11 is 0. The van der Waals surface area contributed by atoms with Gasteiger partial charge in [-0.2, -0.15) is 0 Å². The fourth-order valence-corrected chi connectivity index (χ4v) is 3.84. The van der Waals surface area contributed by atoms with E-state index in [-0.39, 0.29) is 0 Å². The third kappa shape index (κ3) is 1.80. The fourth-order valence-electron chi connectivity index (χ4n) is 3.84. The molecule has 2 aromatic rings. The predicted octanol–water partition coefficient (Wildman–Crippen LogP) is 2.47. The van der Waals surface area contributed by atoms with Crippen LogP contribution in [0, 0.1) is 11.8 Å². The molecule has 0 aliphatic carbocycles. The molecule has 1 N–H and O–H groups in total. The van der Waals surface area contributed by atoms with E-state index < -0.39 is 0 Å². The summed E-state index contributed by atoms with van der Waals surface area (Å²) in [7, 11) is 0. The molecule has 100 valence electrons. The summed E-state index contributed by atoms with van der Waals surface area (Å²) in [6.07, 6.45) is 1.93. The highest BCUT2D eigenvalue weighted by atomic mass is 16.3. The van der Waals surface area contributed by atoms with Crippen molar-refractivity contribution in [3.63, 3.8) is 0 Å². The van der Waals surface area contributed by atoms with Crippen LogP contribution in [0.4, 0.5) is 0 Å². The van der Waals surface area contributed by atoms with Crippen LogP contribution in [0.15, 0.2) is 34.9 Å². The number of likely N-dealkylation sites (tertiary alicyclic amines) is 1. The van der Waals surface area contributed by atoms with Crippen molar-refractivity contribution in [2.24, 2.45) is 11.8 Å². The summed E-state index contributed by atoms with van der Waals surface area (Å²) in [6.45, 7) is 7.00. The summed E-state index contributed by atoms with van der Waals surface area (Å²) in [5.74, 6) is 1.67. The van der Waals surface area contributed by atoms with E-state index >= 15 is 0 Å². The zero-order valence-corrected chi connectivity index (χ0v) is 11.3. The average molecular weight is 256 g/mol. The van der Waals surface area contributed by atoms with Crippen LogP contribution in [-0.4, -0.2) is 30.6 Å². The van der Waals surface area contributed by atoms with Gasteiger partial charge in [-0.3, -0.25) is 4.90 Å². The van der Waals surface area contributed by atoms with E-state index in [1.54, 1.807) is 0 Å². The lowest BCUT2D eigenvalue weighted by Crippen LogP contribution is -2.32.